The van der Waals surface area contributed by atoms with Crippen LogP contribution in [0.25, 0.3) is 0 Å². The van der Waals surface area contributed by atoms with Crippen LogP contribution in [-0.2, 0) is 0 Å². The third-order valence-electron chi connectivity index (χ3n) is 2.96. The second-order valence-electron chi connectivity index (χ2n) is 4.30. The number of benzene rings is 1. The van der Waals surface area contributed by atoms with Gasteiger partial charge in [0.05, 0.1) is 0 Å². The van der Waals surface area contributed by atoms with E-state index in [4.69, 9.17) is 5.73 Å². The Morgan fingerprint density at radius 3 is 2.67 bits per heavy atom. The summed E-state index contributed by atoms with van der Waals surface area (Å²) in [7, 11) is 2.01. The second-order valence-corrected chi connectivity index (χ2v) is 4.30. The Labute approximate surface area is 89.9 Å². The monoisotopic (exact) mass is 208 g/mol. The Kier molecular flexibility index (Phi) is 2.65. The largest absolute Gasteiger partial charge is 0.371 e. The molecule has 2 nitrogen and oxygen atoms in total. The van der Waals surface area contributed by atoms with Crippen molar-refractivity contribution in [1.29, 1.82) is 0 Å². The molecule has 0 spiro atoms. The van der Waals surface area contributed by atoms with Crippen LogP contribution in [0, 0.1) is 5.82 Å². The summed E-state index contributed by atoms with van der Waals surface area (Å²) in [6.45, 7) is 1.82. The number of nitrogens with two attached hydrogens (primary N) is 1. The average molecular weight is 208 g/mol. The van der Waals surface area contributed by atoms with Crippen molar-refractivity contribution in [3.63, 3.8) is 0 Å². The summed E-state index contributed by atoms with van der Waals surface area (Å²) < 4.78 is 13.6. The van der Waals surface area contributed by atoms with Gasteiger partial charge in [0.15, 0.2) is 0 Å². The molecule has 1 atom stereocenters. The van der Waals surface area contributed by atoms with E-state index in [9.17, 15) is 4.39 Å². The Morgan fingerprint density at radius 2 is 2.13 bits per heavy atom. The van der Waals surface area contributed by atoms with Gasteiger partial charge in [-0.1, -0.05) is 6.07 Å². The molecular weight excluding hydrogens is 191 g/mol. The number of nitrogens with zero attached hydrogens (tertiary/aromatic N) is 1. The van der Waals surface area contributed by atoms with Gasteiger partial charge in [-0.2, -0.15) is 0 Å². The van der Waals surface area contributed by atoms with Crippen LogP contribution >= 0.6 is 0 Å². The Bertz CT molecular complexity index is 359. The molecule has 82 valence electrons. The van der Waals surface area contributed by atoms with Crippen molar-refractivity contribution in [3.05, 3.63) is 29.6 Å². The smallest absolute Gasteiger partial charge is 0.130 e. The maximum Gasteiger partial charge on any atom is 0.130 e. The predicted octanol–water partition coefficient (Wildman–Crippen LogP) is 2.44. The minimum atomic E-state index is -0.262. The third kappa shape index (κ3) is 1.97. The molecule has 0 saturated heterocycles. The van der Waals surface area contributed by atoms with E-state index in [2.05, 4.69) is 4.90 Å². The maximum atomic E-state index is 13.6. The standard InChI is InChI=1S/C12H17FN2/c1-8(14)12-10(13)4-3-5-11(12)15(2)9-6-7-9/h3-5,8-9H,6-7,14H2,1-2H3. The molecule has 2 N–H and O–H groups in total. The van der Waals surface area contributed by atoms with Gasteiger partial charge in [0.2, 0.25) is 0 Å². The van der Waals surface area contributed by atoms with Crippen LogP contribution in [0.4, 0.5) is 10.1 Å². The van der Waals surface area contributed by atoms with Gasteiger partial charge in [0.1, 0.15) is 5.82 Å². The van der Waals surface area contributed by atoms with Gasteiger partial charge >= 0.3 is 0 Å². The molecule has 1 fully saturated rings. The molecule has 0 aliphatic heterocycles. The molecule has 3 heteroatoms. The van der Waals surface area contributed by atoms with Crippen molar-refractivity contribution < 1.29 is 4.39 Å². The van der Waals surface area contributed by atoms with Crippen molar-refractivity contribution in [3.8, 4) is 0 Å². The first-order valence-corrected chi connectivity index (χ1v) is 5.38. The van der Waals surface area contributed by atoms with Crippen molar-refractivity contribution in [2.24, 2.45) is 5.73 Å². The average Bonchev–Trinajstić information content (AvgIpc) is 2.98. The zero-order chi connectivity index (χ0) is 11.0. The summed E-state index contributed by atoms with van der Waals surface area (Å²) in [4.78, 5) is 2.14. The van der Waals surface area contributed by atoms with E-state index in [1.807, 2.05) is 20.0 Å². The van der Waals surface area contributed by atoms with E-state index in [1.54, 1.807) is 6.07 Å². The summed E-state index contributed by atoms with van der Waals surface area (Å²) >= 11 is 0. The molecule has 15 heavy (non-hydrogen) atoms. The van der Waals surface area contributed by atoms with E-state index >= 15 is 0 Å². The van der Waals surface area contributed by atoms with Gasteiger partial charge < -0.3 is 10.6 Å². The fourth-order valence-corrected chi connectivity index (χ4v) is 1.94. The summed E-state index contributed by atoms with van der Waals surface area (Å²) in [5.74, 6) is -0.199. The Balaban J connectivity index is 2.40. The Morgan fingerprint density at radius 1 is 1.47 bits per heavy atom. The highest BCUT2D eigenvalue weighted by atomic mass is 19.1. The second kappa shape index (κ2) is 3.81. The summed E-state index contributed by atoms with van der Waals surface area (Å²) in [5.41, 5.74) is 7.38. The van der Waals surface area contributed by atoms with Crippen LogP contribution in [-0.4, -0.2) is 13.1 Å². The van der Waals surface area contributed by atoms with E-state index in [-0.39, 0.29) is 11.9 Å². The first kappa shape index (κ1) is 10.4. The van der Waals surface area contributed by atoms with Crippen LogP contribution in [0.3, 0.4) is 0 Å². The van der Waals surface area contributed by atoms with Crippen LogP contribution in [0.2, 0.25) is 0 Å². The lowest BCUT2D eigenvalue weighted by atomic mass is 10.1. The number of hydrogen-bond acceptors (Lipinski definition) is 2. The molecule has 0 bridgehead atoms. The molecule has 0 radical (unpaired) electrons. The zero-order valence-electron chi connectivity index (χ0n) is 9.20. The molecule has 1 aliphatic carbocycles. The van der Waals surface area contributed by atoms with Gasteiger partial charge in [-0.25, -0.2) is 4.39 Å². The van der Waals surface area contributed by atoms with Crippen LogP contribution in [0.1, 0.15) is 31.4 Å². The lowest BCUT2D eigenvalue weighted by molar-refractivity contribution is 0.592. The summed E-state index contributed by atoms with van der Waals surface area (Å²) in [6.07, 6.45) is 2.40. The van der Waals surface area contributed by atoms with Crippen molar-refractivity contribution in [2.45, 2.75) is 31.8 Å². The van der Waals surface area contributed by atoms with Crippen molar-refractivity contribution >= 4 is 5.69 Å². The highest BCUT2D eigenvalue weighted by Gasteiger charge is 2.28. The maximum absolute atomic E-state index is 13.6. The van der Waals surface area contributed by atoms with Gasteiger partial charge in [-0.15, -0.1) is 0 Å². The van der Waals surface area contributed by atoms with Gasteiger partial charge in [0, 0.05) is 30.4 Å². The van der Waals surface area contributed by atoms with E-state index in [1.165, 1.54) is 18.9 Å². The van der Waals surface area contributed by atoms with E-state index in [0.29, 0.717) is 11.6 Å². The zero-order valence-corrected chi connectivity index (χ0v) is 9.20. The fourth-order valence-electron chi connectivity index (χ4n) is 1.94. The minimum Gasteiger partial charge on any atom is -0.371 e. The predicted molar refractivity (Wildman–Crippen MR) is 60.4 cm³/mol. The molecule has 1 aromatic rings. The van der Waals surface area contributed by atoms with Crippen molar-refractivity contribution in [1.82, 2.24) is 0 Å². The fraction of sp³-hybridized carbons (Fsp3) is 0.500. The first-order valence-electron chi connectivity index (χ1n) is 5.38. The third-order valence-corrected chi connectivity index (χ3v) is 2.96. The molecular formula is C12H17FN2. The van der Waals surface area contributed by atoms with Gasteiger partial charge in [-0.05, 0) is 31.9 Å². The molecule has 1 unspecified atom stereocenters. The first-order chi connectivity index (χ1) is 7.11. The normalized spacial score (nSPS) is 17.6. The summed E-state index contributed by atoms with van der Waals surface area (Å²) in [5, 5.41) is 0. The van der Waals surface area contributed by atoms with Gasteiger partial charge in [0.25, 0.3) is 0 Å². The molecule has 1 saturated carbocycles. The van der Waals surface area contributed by atoms with Gasteiger partial charge in [-0.3, -0.25) is 0 Å². The summed E-state index contributed by atoms with van der Waals surface area (Å²) in [6, 6.07) is 5.48. The lowest BCUT2D eigenvalue weighted by Crippen LogP contribution is -2.23. The molecule has 0 amide bonds. The number of halogens is 1. The highest BCUT2D eigenvalue weighted by molar-refractivity contribution is 5.56. The molecule has 2 rings (SSSR count). The quantitative estimate of drug-likeness (QED) is 0.826. The van der Waals surface area contributed by atoms with Crippen molar-refractivity contribution in [2.75, 3.05) is 11.9 Å². The Hall–Kier alpha value is -1.09. The van der Waals surface area contributed by atoms with Crippen LogP contribution < -0.4 is 10.6 Å². The minimum absolute atomic E-state index is 0.199. The molecule has 1 aliphatic rings. The van der Waals surface area contributed by atoms with E-state index in [0.717, 1.165) is 5.69 Å². The van der Waals surface area contributed by atoms with Crippen LogP contribution in [0.15, 0.2) is 18.2 Å². The van der Waals surface area contributed by atoms with Crippen LogP contribution in [0.5, 0.6) is 0 Å². The lowest BCUT2D eigenvalue weighted by Gasteiger charge is -2.24. The topological polar surface area (TPSA) is 29.3 Å². The molecule has 1 aromatic carbocycles. The highest BCUT2D eigenvalue weighted by Crippen LogP contribution is 2.34. The van der Waals surface area contributed by atoms with E-state index < -0.39 is 0 Å². The number of rotatable bonds is 3. The molecule has 0 aromatic heterocycles. The number of hydrogen-bond donors (Lipinski definition) is 1. The number of anilines is 1. The molecule has 0 heterocycles. The SMILES string of the molecule is CC(N)c1c(F)cccc1N(C)C1CC1.